The van der Waals surface area contributed by atoms with Gasteiger partial charge in [-0.3, -0.25) is 19.3 Å². The van der Waals surface area contributed by atoms with Crippen LogP contribution >= 0.6 is 0 Å². The maximum atomic E-state index is 12.4. The van der Waals surface area contributed by atoms with Crippen molar-refractivity contribution in [2.75, 3.05) is 33.2 Å². The summed E-state index contributed by atoms with van der Waals surface area (Å²) >= 11 is 0. The van der Waals surface area contributed by atoms with Crippen LogP contribution in [0, 0.1) is 0 Å². The van der Waals surface area contributed by atoms with Gasteiger partial charge in [-0.05, 0) is 12.1 Å². The fourth-order valence-corrected chi connectivity index (χ4v) is 2.88. The maximum absolute atomic E-state index is 12.4. The number of benzene rings is 2. The molecule has 1 aliphatic rings. The van der Waals surface area contributed by atoms with Crippen LogP contribution in [0.2, 0.25) is 0 Å². The van der Waals surface area contributed by atoms with Crippen molar-refractivity contribution in [1.29, 1.82) is 0 Å². The van der Waals surface area contributed by atoms with Gasteiger partial charge in [-0.2, -0.15) is 0 Å². The number of amides is 3. The lowest BCUT2D eigenvalue weighted by Gasteiger charge is -2.16. The number of hydrogen-bond acceptors (Lipinski definition) is 6. The van der Waals surface area contributed by atoms with E-state index in [1.165, 1.54) is 21.3 Å². The van der Waals surface area contributed by atoms with Gasteiger partial charge in [0.1, 0.15) is 6.54 Å². The van der Waals surface area contributed by atoms with E-state index in [0.717, 1.165) is 4.90 Å². The van der Waals surface area contributed by atoms with Crippen LogP contribution in [0.15, 0.2) is 36.4 Å². The SMILES string of the molecule is COc1cc(NC(=O)CN2C(=O)c3ccccc3C2=O)cc(OC)c1OC. The number of imide groups is 1. The zero-order valence-electron chi connectivity index (χ0n) is 15.1. The maximum Gasteiger partial charge on any atom is 0.262 e. The summed E-state index contributed by atoms with van der Waals surface area (Å²) < 4.78 is 15.7. The molecule has 3 rings (SSSR count). The van der Waals surface area contributed by atoms with Crippen molar-refractivity contribution in [3.05, 3.63) is 47.5 Å². The first-order chi connectivity index (χ1) is 13.0. The number of hydrogen-bond donors (Lipinski definition) is 1. The van der Waals surface area contributed by atoms with Gasteiger partial charge in [-0.25, -0.2) is 0 Å². The van der Waals surface area contributed by atoms with Crippen molar-refractivity contribution in [1.82, 2.24) is 4.90 Å². The molecule has 2 aromatic carbocycles. The first kappa shape index (κ1) is 18.2. The normalized spacial score (nSPS) is 12.6. The van der Waals surface area contributed by atoms with Gasteiger partial charge in [-0.1, -0.05) is 12.1 Å². The van der Waals surface area contributed by atoms with Gasteiger partial charge in [0.25, 0.3) is 11.8 Å². The van der Waals surface area contributed by atoms with Crippen molar-refractivity contribution in [2.45, 2.75) is 0 Å². The molecule has 0 radical (unpaired) electrons. The van der Waals surface area contributed by atoms with Crippen molar-refractivity contribution in [3.63, 3.8) is 0 Å². The third kappa shape index (κ3) is 3.29. The largest absolute Gasteiger partial charge is 0.493 e. The van der Waals surface area contributed by atoms with Crippen LogP contribution in [0.5, 0.6) is 17.2 Å². The number of rotatable bonds is 6. The van der Waals surface area contributed by atoms with Crippen LogP contribution in [-0.2, 0) is 4.79 Å². The summed E-state index contributed by atoms with van der Waals surface area (Å²) in [4.78, 5) is 38.0. The van der Waals surface area contributed by atoms with Crippen LogP contribution in [0.3, 0.4) is 0 Å². The third-order valence-electron chi connectivity index (χ3n) is 4.13. The molecule has 0 saturated heterocycles. The van der Waals surface area contributed by atoms with Gasteiger partial charge in [0.15, 0.2) is 11.5 Å². The Labute approximate surface area is 155 Å². The van der Waals surface area contributed by atoms with E-state index < -0.39 is 24.3 Å². The molecule has 1 N–H and O–H groups in total. The fraction of sp³-hybridized carbons (Fsp3) is 0.211. The van der Waals surface area contributed by atoms with Gasteiger partial charge in [0.2, 0.25) is 11.7 Å². The summed E-state index contributed by atoms with van der Waals surface area (Å²) in [5.41, 5.74) is 0.970. The molecule has 0 unspecified atom stereocenters. The number of carbonyl (C=O) groups is 3. The zero-order valence-corrected chi connectivity index (χ0v) is 15.1. The Kier molecular flexibility index (Phi) is 4.98. The molecule has 8 nitrogen and oxygen atoms in total. The summed E-state index contributed by atoms with van der Waals surface area (Å²) in [6, 6.07) is 9.58. The monoisotopic (exact) mass is 370 g/mol. The Bertz CT molecular complexity index is 864. The molecule has 0 aromatic heterocycles. The van der Waals surface area contributed by atoms with Crippen molar-refractivity contribution in [3.8, 4) is 17.2 Å². The Hall–Kier alpha value is -3.55. The minimum atomic E-state index is -0.529. The molecule has 0 bridgehead atoms. The number of methoxy groups -OCH3 is 3. The highest BCUT2D eigenvalue weighted by Crippen LogP contribution is 2.39. The second-order valence-electron chi connectivity index (χ2n) is 5.70. The minimum absolute atomic E-state index is 0.295. The molecule has 1 heterocycles. The molecule has 1 aliphatic heterocycles. The molecule has 3 amide bonds. The lowest BCUT2D eigenvalue weighted by Crippen LogP contribution is -2.37. The van der Waals surface area contributed by atoms with E-state index in [1.807, 2.05) is 0 Å². The molecule has 2 aromatic rings. The van der Waals surface area contributed by atoms with E-state index in [1.54, 1.807) is 36.4 Å². The van der Waals surface area contributed by atoms with Crippen molar-refractivity contribution in [2.24, 2.45) is 0 Å². The first-order valence-electron chi connectivity index (χ1n) is 8.05. The molecule has 8 heteroatoms. The third-order valence-corrected chi connectivity index (χ3v) is 4.13. The summed E-state index contributed by atoms with van der Waals surface area (Å²) in [5.74, 6) is -0.385. The summed E-state index contributed by atoms with van der Waals surface area (Å²) in [5, 5.41) is 2.64. The van der Waals surface area contributed by atoms with Gasteiger partial charge >= 0.3 is 0 Å². The minimum Gasteiger partial charge on any atom is -0.493 e. The molecule has 0 spiro atoms. The Morgan fingerprint density at radius 1 is 0.926 bits per heavy atom. The fourth-order valence-electron chi connectivity index (χ4n) is 2.88. The topological polar surface area (TPSA) is 94.2 Å². The molecular weight excluding hydrogens is 352 g/mol. The smallest absolute Gasteiger partial charge is 0.262 e. The number of carbonyl (C=O) groups excluding carboxylic acids is 3. The molecule has 0 fully saturated rings. The highest BCUT2D eigenvalue weighted by molar-refractivity contribution is 6.22. The van der Waals surface area contributed by atoms with Gasteiger partial charge in [0, 0.05) is 17.8 Å². The Morgan fingerprint density at radius 3 is 1.89 bits per heavy atom. The molecule has 0 aliphatic carbocycles. The van der Waals surface area contributed by atoms with Gasteiger partial charge in [0.05, 0.1) is 32.5 Å². The summed E-state index contributed by atoms with van der Waals surface area (Å²) in [6.07, 6.45) is 0. The van der Waals surface area contributed by atoms with Gasteiger partial charge in [-0.15, -0.1) is 0 Å². The lowest BCUT2D eigenvalue weighted by molar-refractivity contribution is -0.116. The van der Waals surface area contributed by atoms with Crippen molar-refractivity contribution < 1.29 is 28.6 Å². The van der Waals surface area contributed by atoms with E-state index in [9.17, 15) is 14.4 Å². The quantitative estimate of drug-likeness (QED) is 0.781. The zero-order chi connectivity index (χ0) is 19.6. The van der Waals surface area contributed by atoms with E-state index in [4.69, 9.17) is 14.2 Å². The molecule has 0 atom stereocenters. The predicted molar refractivity (Wildman–Crippen MR) is 96.5 cm³/mol. The van der Waals surface area contributed by atoms with Crippen molar-refractivity contribution >= 4 is 23.4 Å². The Morgan fingerprint density at radius 2 is 1.44 bits per heavy atom. The number of fused-ring (bicyclic) bond motifs is 1. The van der Waals surface area contributed by atoms with E-state index in [0.29, 0.717) is 34.1 Å². The lowest BCUT2D eigenvalue weighted by atomic mass is 10.1. The van der Waals surface area contributed by atoms with Crippen LogP contribution < -0.4 is 19.5 Å². The molecule has 27 heavy (non-hydrogen) atoms. The average molecular weight is 370 g/mol. The highest BCUT2D eigenvalue weighted by Gasteiger charge is 2.36. The second-order valence-corrected chi connectivity index (χ2v) is 5.70. The Balaban J connectivity index is 1.77. The summed E-state index contributed by atoms with van der Waals surface area (Å²) in [6.45, 7) is -0.400. The van der Waals surface area contributed by atoms with Crippen LogP contribution in [0.1, 0.15) is 20.7 Å². The summed E-state index contributed by atoms with van der Waals surface area (Å²) in [7, 11) is 4.39. The average Bonchev–Trinajstić information content (AvgIpc) is 2.92. The van der Waals surface area contributed by atoms with E-state index in [-0.39, 0.29) is 0 Å². The first-order valence-corrected chi connectivity index (χ1v) is 8.05. The molecule has 0 saturated carbocycles. The van der Waals surface area contributed by atoms with Gasteiger partial charge < -0.3 is 19.5 Å². The second kappa shape index (κ2) is 7.36. The molecular formula is C19H18N2O6. The van der Waals surface area contributed by atoms with E-state index >= 15 is 0 Å². The van der Waals surface area contributed by atoms with Crippen LogP contribution in [-0.4, -0.2) is 50.5 Å². The predicted octanol–water partition coefficient (Wildman–Crippen LogP) is 1.95. The number of nitrogens with zero attached hydrogens (tertiary/aromatic N) is 1. The number of nitrogens with one attached hydrogen (secondary N) is 1. The molecule has 140 valence electrons. The number of ether oxygens (including phenoxy) is 3. The van der Waals surface area contributed by atoms with E-state index in [2.05, 4.69) is 5.32 Å². The van der Waals surface area contributed by atoms with Crippen LogP contribution in [0.4, 0.5) is 5.69 Å². The highest BCUT2D eigenvalue weighted by atomic mass is 16.5. The standard InChI is InChI=1S/C19H18N2O6/c1-25-14-8-11(9-15(26-2)17(14)27-3)20-16(22)10-21-18(23)12-6-4-5-7-13(12)19(21)24/h4-9H,10H2,1-3H3,(H,20,22). The van der Waals surface area contributed by atoms with Crippen LogP contribution in [0.25, 0.3) is 0 Å². The number of anilines is 1.